The number of nitrogens with two attached hydrogens (primary N) is 1. The van der Waals surface area contributed by atoms with Gasteiger partial charge in [-0.05, 0) is 48.4 Å². The summed E-state index contributed by atoms with van der Waals surface area (Å²) in [5.41, 5.74) is 12.5. The molecular weight excluding hydrogens is 400 g/mol. The molecule has 7 nitrogen and oxygen atoms in total. The van der Waals surface area contributed by atoms with Gasteiger partial charge in [0.2, 0.25) is 0 Å². The van der Waals surface area contributed by atoms with E-state index in [1.165, 1.54) is 0 Å². The van der Waals surface area contributed by atoms with E-state index in [1.54, 1.807) is 19.4 Å². The zero-order chi connectivity index (χ0) is 22.1. The van der Waals surface area contributed by atoms with Gasteiger partial charge >= 0.3 is 0 Å². The molecule has 4 heterocycles. The molecule has 0 saturated carbocycles. The number of rotatable bonds is 5. The van der Waals surface area contributed by atoms with Crippen molar-refractivity contribution in [3.8, 4) is 28.3 Å². The summed E-state index contributed by atoms with van der Waals surface area (Å²) in [6.07, 6.45) is 7.43. The zero-order valence-electron chi connectivity index (χ0n) is 17.9. The highest BCUT2D eigenvalue weighted by molar-refractivity contribution is 5.84. The van der Waals surface area contributed by atoms with E-state index in [2.05, 4.69) is 34.0 Å². The van der Waals surface area contributed by atoms with E-state index >= 15 is 0 Å². The van der Waals surface area contributed by atoms with Crippen LogP contribution in [0, 0.1) is 6.92 Å². The molecule has 5 aromatic rings. The van der Waals surface area contributed by atoms with Crippen molar-refractivity contribution in [3.63, 3.8) is 0 Å². The number of fused-ring (bicyclic) bond motifs is 1. The Morgan fingerprint density at radius 3 is 2.53 bits per heavy atom. The van der Waals surface area contributed by atoms with Gasteiger partial charge in [-0.3, -0.25) is 14.6 Å². The van der Waals surface area contributed by atoms with E-state index in [0.717, 1.165) is 50.3 Å². The Labute approximate surface area is 185 Å². The van der Waals surface area contributed by atoms with Crippen molar-refractivity contribution in [1.29, 1.82) is 0 Å². The van der Waals surface area contributed by atoms with Crippen LogP contribution in [0.5, 0.6) is 5.75 Å². The summed E-state index contributed by atoms with van der Waals surface area (Å²) in [5, 5.41) is 5.64. The Bertz CT molecular complexity index is 1410. The Hall–Kier alpha value is -4.26. The van der Waals surface area contributed by atoms with Crippen molar-refractivity contribution in [1.82, 2.24) is 24.7 Å². The number of anilines is 1. The molecule has 0 bridgehead atoms. The topological polar surface area (TPSA) is 91.7 Å². The molecule has 0 fully saturated rings. The number of ether oxygens (including phenoxy) is 1. The average molecular weight is 422 g/mol. The largest absolute Gasteiger partial charge is 0.497 e. The van der Waals surface area contributed by atoms with E-state index in [1.807, 2.05) is 53.6 Å². The van der Waals surface area contributed by atoms with Crippen molar-refractivity contribution in [3.05, 3.63) is 84.4 Å². The van der Waals surface area contributed by atoms with Gasteiger partial charge < -0.3 is 10.5 Å². The maximum Gasteiger partial charge on any atom is 0.125 e. The third-order valence-electron chi connectivity index (χ3n) is 5.42. The molecule has 7 heteroatoms. The van der Waals surface area contributed by atoms with Crippen molar-refractivity contribution >= 4 is 16.7 Å². The first kappa shape index (κ1) is 19.7. The van der Waals surface area contributed by atoms with Crippen LogP contribution in [0.15, 0.2) is 73.3 Å². The molecule has 4 aromatic heterocycles. The van der Waals surface area contributed by atoms with Crippen LogP contribution in [0.3, 0.4) is 0 Å². The quantitative estimate of drug-likeness (QED) is 0.448. The van der Waals surface area contributed by atoms with Crippen LogP contribution < -0.4 is 10.5 Å². The second-order valence-corrected chi connectivity index (χ2v) is 7.66. The molecule has 0 saturated heterocycles. The minimum Gasteiger partial charge on any atom is -0.497 e. The molecule has 158 valence electrons. The molecule has 0 amide bonds. The highest BCUT2D eigenvalue weighted by Gasteiger charge is 2.10. The molecule has 0 atom stereocenters. The van der Waals surface area contributed by atoms with Gasteiger partial charge in [-0.1, -0.05) is 12.1 Å². The number of nitrogens with zero attached hydrogens (tertiary/aromatic N) is 5. The monoisotopic (exact) mass is 422 g/mol. The first-order chi connectivity index (χ1) is 15.6. The molecule has 1 aromatic carbocycles. The third-order valence-corrected chi connectivity index (χ3v) is 5.42. The number of methoxy groups -OCH3 is 1. The van der Waals surface area contributed by atoms with Crippen molar-refractivity contribution in [2.24, 2.45) is 0 Å². The smallest absolute Gasteiger partial charge is 0.125 e. The van der Waals surface area contributed by atoms with Gasteiger partial charge in [0.1, 0.15) is 17.3 Å². The number of pyridine rings is 3. The fraction of sp³-hybridized carbons (Fsp3) is 0.120. The Morgan fingerprint density at radius 1 is 0.906 bits per heavy atom. The molecule has 0 spiro atoms. The minimum atomic E-state index is 0.464. The van der Waals surface area contributed by atoms with Crippen LogP contribution in [0.2, 0.25) is 0 Å². The summed E-state index contributed by atoms with van der Waals surface area (Å²) in [7, 11) is 1.67. The molecule has 0 unspecified atom stereocenters. The maximum atomic E-state index is 5.75. The second-order valence-electron chi connectivity index (χ2n) is 7.66. The Morgan fingerprint density at radius 2 is 1.75 bits per heavy atom. The molecular formula is C25H22N6O. The number of benzene rings is 1. The molecule has 2 N–H and O–H groups in total. The first-order valence-corrected chi connectivity index (χ1v) is 10.2. The number of hydrogen-bond donors (Lipinski definition) is 1. The van der Waals surface area contributed by atoms with Crippen LogP contribution >= 0.6 is 0 Å². The molecule has 0 aliphatic rings. The standard InChI is InChI=1S/C25H22N6O/c1-16-9-24(22-7-8-31(30-22)15-17-3-5-20(32-2)6-4-17)28-14-21(16)18-10-19-13-29-25(26)11-23(19)27-12-18/h3-14H,15H2,1-2H3,(H2,26,29). The van der Waals surface area contributed by atoms with E-state index in [-0.39, 0.29) is 0 Å². The van der Waals surface area contributed by atoms with Gasteiger partial charge in [-0.15, -0.1) is 0 Å². The van der Waals surface area contributed by atoms with Crippen LogP contribution in [-0.4, -0.2) is 31.8 Å². The average Bonchev–Trinajstić information content (AvgIpc) is 3.28. The van der Waals surface area contributed by atoms with Crippen LogP contribution in [0.25, 0.3) is 33.4 Å². The molecule has 32 heavy (non-hydrogen) atoms. The predicted octanol–water partition coefficient (Wildman–Crippen LogP) is 4.50. The third kappa shape index (κ3) is 3.88. The highest BCUT2D eigenvalue weighted by atomic mass is 16.5. The number of nitrogen functional groups attached to an aromatic ring is 1. The SMILES string of the molecule is COc1ccc(Cn2ccc(-c3cc(C)c(-c4cnc5cc(N)ncc5c4)cn3)n2)cc1. The van der Waals surface area contributed by atoms with Gasteiger partial charge in [0.15, 0.2) is 0 Å². The first-order valence-electron chi connectivity index (χ1n) is 10.2. The molecule has 0 aliphatic heterocycles. The molecule has 0 radical (unpaired) electrons. The lowest BCUT2D eigenvalue weighted by Gasteiger charge is -2.08. The fourth-order valence-electron chi connectivity index (χ4n) is 3.69. The fourth-order valence-corrected chi connectivity index (χ4v) is 3.69. The minimum absolute atomic E-state index is 0.464. The van der Waals surface area contributed by atoms with Crippen molar-refractivity contribution in [2.45, 2.75) is 13.5 Å². The maximum absolute atomic E-state index is 5.75. The number of aromatic nitrogens is 5. The van der Waals surface area contributed by atoms with Crippen molar-refractivity contribution < 1.29 is 4.74 Å². The number of hydrogen-bond acceptors (Lipinski definition) is 6. The Kier molecular flexibility index (Phi) is 4.99. The zero-order valence-corrected chi connectivity index (χ0v) is 17.9. The molecule has 0 aliphatic carbocycles. The van der Waals surface area contributed by atoms with E-state index in [9.17, 15) is 0 Å². The summed E-state index contributed by atoms with van der Waals surface area (Å²) >= 11 is 0. The van der Waals surface area contributed by atoms with Gasteiger partial charge in [0.25, 0.3) is 0 Å². The summed E-state index contributed by atoms with van der Waals surface area (Å²) in [6.45, 7) is 2.75. The van der Waals surface area contributed by atoms with E-state index in [4.69, 9.17) is 15.6 Å². The van der Waals surface area contributed by atoms with Gasteiger partial charge in [0.05, 0.1) is 24.9 Å². The lowest BCUT2D eigenvalue weighted by atomic mass is 10.0. The highest BCUT2D eigenvalue weighted by Crippen LogP contribution is 2.28. The second kappa shape index (κ2) is 8.11. The van der Waals surface area contributed by atoms with Crippen LogP contribution in [0.1, 0.15) is 11.1 Å². The van der Waals surface area contributed by atoms with Crippen LogP contribution in [-0.2, 0) is 6.54 Å². The summed E-state index contributed by atoms with van der Waals surface area (Å²) < 4.78 is 7.13. The van der Waals surface area contributed by atoms with E-state index < -0.39 is 0 Å². The van der Waals surface area contributed by atoms with E-state index in [0.29, 0.717) is 12.4 Å². The predicted molar refractivity (Wildman–Crippen MR) is 125 cm³/mol. The number of aryl methyl sites for hydroxylation is 1. The van der Waals surface area contributed by atoms with Gasteiger partial charge in [-0.2, -0.15) is 5.10 Å². The Balaban J connectivity index is 1.39. The lowest BCUT2D eigenvalue weighted by molar-refractivity contribution is 0.414. The van der Waals surface area contributed by atoms with Gasteiger partial charge in [-0.25, -0.2) is 4.98 Å². The summed E-state index contributed by atoms with van der Waals surface area (Å²) in [4.78, 5) is 13.4. The molecule has 5 rings (SSSR count). The normalized spacial score (nSPS) is 11.1. The lowest BCUT2D eigenvalue weighted by Crippen LogP contribution is -2.00. The van der Waals surface area contributed by atoms with Crippen LogP contribution in [0.4, 0.5) is 5.82 Å². The summed E-state index contributed by atoms with van der Waals surface area (Å²) in [6, 6.07) is 15.9. The van der Waals surface area contributed by atoms with Crippen molar-refractivity contribution in [2.75, 3.05) is 12.8 Å². The van der Waals surface area contributed by atoms with Gasteiger partial charge in [0, 0.05) is 47.4 Å². The summed E-state index contributed by atoms with van der Waals surface area (Å²) in [5.74, 6) is 1.31.